The van der Waals surface area contributed by atoms with Crippen molar-refractivity contribution in [3.8, 4) is 11.3 Å². The lowest BCUT2D eigenvalue weighted by Crippen LogP contribution is -2.16. The number of hydrogen-bond acceptors (Lipinski definition) is 4. The third kappa shape index (κ3) is 1.46. The van der Waals surface area contributed by atoms with Crippen molar-refractivity contribution in [1.82, 2.24) is 10.2 Å². The van der Waals surface area contributed by atoms with E-state index in [1.54, 1.807) is 18.2 Å². The Balaban J connectivity index is 2.42. The number of fused-ring (bicyclic) bond motifs is 3. The molecule has 6 nitrogen and oxygen atoms in total. The number of carbonyl (C=O) groups is 1. The summed E-state index contributed by atoms with van der Waals surface area (Å²) in [5.41, 5.74) is 6.11. The largest absolute Gasteiger partial charge is 0.460 e. The van der Waals surface area contributed by atoms with Gasteiger partial charge in [-0.05, 0) is 12.1 Å². The van der Waals surface area contributed by atoms with Crippen molar-refractivity contribution >= 4 is 16.9 Å². The Morgan fingerprint density at radius 2 is 2.17 bits per heavy atom. The lowest BCUT2D eigenvalue weighted by molar-refractivity contribution is -0.117. The number of carbonyl (C=O) groups excluding carboxylic acids is 1. The number of rotatable bonds is 2. The SMILES string of the molecule is NC(=O)Cc1oc2ccccc2c2n[nH]c(=O)c1-2. The molecular formula is C12H9N3O3. The van der Waals surface area contributed by atoms with Crippen LogP contribution in [0.2, 0.25) is 0 Å². The van der Waals surface area contributed by atoms with Crippen LogP contribution in [0.15, 0.2) is 33.5 Å². The van der Waals surface area contributed by atoms with E-state index < -0.39 is 5.91 Å². The molecule has 18 heavy (non-hydrogen) atoms. The van der Waals surface area contributed by atoms with E-state index in [0.717, 1.165) is 5.39 Å². The second-order valence-corrected chi connectivity index (χ2v) is 3.94. The third-order valence-corrected chi connectivity index (χ3v) is 2.72. The van der Waals surface area contributed by atoms with Gasteiger partial charge in [-0.1, -0.05) is 12.1 Å². The predicted octanol–water partition coefficient (Wildman–Crippen LogP) is 0.649. The molecule has 0 spiro atoms. The zero-order valence-electron chi connectivity index (χ0n) is 9.27. The highest BCUT2D eigenvalue weighted by molar-refractivity contribution is 5.93. The van der Waals surface area contributed by atoms with Crippen molar-refractivity contribution in [1.29, 1.82) is 0 Å². The Morgan fingerprint density at radius 3 is 2.94 bits per heavy atom. The van der Waals surface area contributed by atoms with Crippen LogP contribution in [-0.4, -0.2) is 16.1 Å². The van der Waals surface area contributed by atoms with Gasteiger partial charge in [0.25, 0.3) is 5.56 Å². The van der Waals surface area contributed by atoms with Gasteiger partial charge in [0.05, 0.1) is 6.42 Å². The predicted molar refractivity (Wildman–Crippen MR) is 64.2 cm³/mol. The smallest absolute Gasteiger partial charge is 0.277 e. The molecule has 0 saturated heterocycles. The zero-order valence-corrected chi connectivity index (χ0v) is 9.27. The van der Waals surface area contributed by atoms with Gasteiger partial charge in [0, 0.05) is 5.39 Å². The Kier molecular flexibility index (Phi) is 2.16. The summed E-state index contributed by atoms with van der Waals surface area (Å²) in [6, 6.07) is 7.18. The van der Waals surface area contributed by atoms with E-state index in [0.29, 0.717) is 11.3 Å². The number of nitrogens with two attached hydrogens (primary N) is 1. The molecule has 0 radical (unpaired) electrons. The van der Waals surface area contributed by atoms with Gasteiger partial charge < -0.3 is 10.2 Å². The molecule has 0 aliphatic carbocycles. The normalized spacial score (nSPS) is 11.1. The molecule has 2 aliphatic heterocycles. The Bertz CT molecular complexity index is 772. The molecule has 90 valence electrons. The summed E-state index contributed by atoms with van der Waals surface area (Å²) in [6.07, 6.45) is -0.129. The Hall–Kier alpha value is -2.63. The topological polar surface area (TPSA) is 102 Å². The van der Waals surface area contributed by atoms with Crippen molar-refractivity contribution in [3.63, 3.8) is 0 Å². The highest BCUT2D eigenvalue weighted by atomic mass is 16.3. The molecule has 0 saturated carbocycles. The first-order valence-electron chi connectivity index (χ1n) is 5.34. The van der Waals surface area contributed by atoms with Gasteiger partial charge in [-0.2, -0.15) is 5.10 Å². The maximum Gasteiger partial charge on any atom is 0.277 e. The molecule has 1 aromatic rings. The number of H-pyrrole nitrogens is 1. The zero-order chi connectivity index (χ0) is 12.7. The molecule has 6 heteroatoms. The van der Waals surface area contributed by atoms with Crippen LogP contribution in [-0.2, 0) is 11.2 Å². The average molecular weight is 243 g/mol. The number of primary amides is 1. The summed E-state index contributed by atoms with van der Waals surface area (Å²) in [5.74, 6) is -0.314. The second-order valence-electron chi connectivity index (χ2n) is 3.94. The molecule has 3 N–H and O–H groups in total. The standard InChI is InChI=1S/C12H9N3O3/c13-9(16)5-8-10-11(14-15-12(10)17)6-3-1-2-4-7(6)18-8/h1-4H,5H2,(H2,13,16)(H,15,17). The molecular weight excluding hydrogens is 234 g/mol. The van der Waals surface area contributed by atoms with Gasteiger partial charge >= 0.3 is 0 Å². The Morgan fingerprint density at radius 1 is 1.39 bits per heavy atom. The molecule has 0 bridgehead atoms. The van der Waals surface area contributed by atoms with E-state index in [2.05, 4.69) is 10.2 Å². The summed E-state index contributed by atoms with van der Waals surface area (Å²) < 4.78 is 5.56. The number of amides is 1. The van der Waals surface area contributed by atoms with Crippen LogP contribution >= 0.6 is 0 Å². The quantitative estimate of drug-likeness (QED) is 0.689. The van der Waals surface area contributed by atoms with Crippen LogP contribution in [0.25, 0.3) is 22.2 Å². The first kappa shape index (κ1) is 10.5. The van der Waals surface area contributed by atoms with Gasteiger partial charge in [0.1, 0.15) is 22.6 Å². The summed E-state index contributed by atoms with van der Waals surface area (Å²) >= 11 is 0. The minimum absolute atomic E-state index is 0.129. The molecule has 0 aromatic heterocycles. The maximum absolute atomic E-state index is 11.7. The van der Waals surface area contributed by atoms with Crippen LogP contribution < -0.4 is 11.3 Å². The number of nitrogens with one attached hydrogen (secondary N) is 1. The molecule has 0 unspecified atom stereocenters. The van der Waals surface area contributed by atoms with Crippen molar-refractivity contribution < 1.29 is 9.21 Å². The Labute approximate surface area is 101 Å². The van der Waals surface area contributed by atoms with Crippen LogP contribution in [0, 0.1) is 0 Å². The van der Waals surface area contributed by atoms with Gasteiger partial charge in [-0.3, -0.25) is 9.59 Å². The number of nitrogens with zero attached hydrogens (tertiary/aromatic N) is 1. The van der Waals surface area contributed by atoms with Crippen LogP contribution in [0.4, 0.5) is 0 Å². The fourth-order valence-corrected chi connectivity index (χ4v) is 2.00. The van der Waals surface area contributed by atoms with Crippen molar-refractivity contribution in [2.75, 3.05) is 0 Å². The fraction of sp³-hybridized carbons (Fsp3) is 0.0833. The van der Waals surface area contributed by atoms with Crippen molar-refractivity contribution in [2.24, 2.45) is 5.73 Å². The fourth-order valence-electron chi connectivity index (χ4n) is 2.00. The van der Waals surface area contributed by atoms with Crippen LogP contribution in [0.3, 0.4) is 0 Å². The minimum atomic E-state index is -0.559. The van der Waals surface area contributed by atoms with Crippen LogP contribution in [0.1, 0.15) is 5.76 Å². The molecule has 2 heterocycles. The number of aromatic amines is 1. The van der Waals surface area contributed by atoms with E-state index in [1.165, 1.54) is 0 Å². The van der Waals surface area contributed by atoms with Gasteiger partial charge in [-0.15, -0.1) is 0 Å². The summed E-state index contributed by atoms with van der Waals surface area (Å²) in [5, 5.41) is 7.05. The number of benzene rings is 1. The van der Waals surface area contributed by atoms with E-state index in [9.17, 15) is 9.59 Å². The van der Waals surface area contributed by atoms with Crippen molar-refractivity contribution in [2.45, 2.75) is 6.42 Å². The molecule has 3 rings (SSSR count). The highest BCUT2D eigenvalue weighted by Gasteiger charge is 2.22. The van der Waals surface area contributed by atoms with Gasteiger partial charge in [0.2, 0.25) is 5.91 Å². The summed E-state index contributed by atoms with van der Waals surface area (Å²) in [4.78, 5) is 22.7. The monoisotopic (exact) mass is 243 g/mol. The van der Waals surface area contributed by atoms with Crippen molar-refractivity contribution in [3.05, 3.63) is 40.4 Å². The van der Waals surface area contributed by atoms with E-state index in [-0.39, 0.29) is 23.3 Å². The maximum atomic E-state index is 11.7. The molecule has 1 aromatic carbocycles. The van der Waals surface area contributed by atoms with Gasteiger partial charge in [-0.25, -0.2) is 5.10 Å². The van der Waals surface area contributed by atoms with E-state index >= 15 is 0 Å². The third-order valence-electron chi connectivity index (χ3n) is 2.72. The minimum Gasteiger partial charge on any atom is -0.460 e. The lowest BCUT2D eigenvalue weighted by Gasteiger charge is -2.06. The number of para-hydroxylation sites is 1. The lowest BCUT2D eigenvalue weighted by atomic mass is 10.1. The van der Waals surface area contributed by atoms with E-state index in [1.807, 2.05) is 6.07 Å². The summed E-state index contributed by atoms with van der Waals surface area (Å²) in [7, 11) is 0. The highest BCUT2D eigenvalue weighted by Crippen LogP contribution is 2.30. The number of hydrogen-bond donors (Lipinski definition) is 2. The average Bonchev–Trinajstić information content (AvgIpc) is 2.72. The van der Waals surface area contributed by atoms with E-state index in [4.69, 9.17) is 10.2 Å². The van der Waals surface area contributed by atoms with Crippen LogP contribution in [0.5, 0.6) is 0 Å². The van der Waals surface area contributed by atoms with Gasteiger partial charge in [0.15, 0.2) is 0 Å². The first-order chi connectivity index (χ1) is 8.66. The summed E-state index contributed by atoms with van der Waals surface area (Å²) in [6.45, 7) is 0. The molecule has 0 atom stereocenters. The second kappa shape index (κ2) is 3.69. The molecule has 2 aliphatic rings. The first-order valence-corrected chi connectivity index (χ1v) is 5.34. The number of aromatic nitrogens is 2. The molecule has 0 fully saturated rings. The molecule has 1 amide bonds.